The highest BCUT2D eigenvalue weighted by molar-refractivity contribution is 7.71. The molecule has 0 amide bonds. The molecule has 5 nitrogen and oxygen atoms in total. The summed E-state index contributed by atoms with van der Waals surface area (Å²) in [4.78, 5) is 1.52. The van der Waals surface area contributed by atoms with E-state index in [1.807, 2.05) is 0 Å². The Labute approximate surface area is 126 Å². The van der Waals surface area contributed by atoms with E-state index in [2.05, 4.69) is 5.10 Å². The maximum Gasteiger partial charge on any atom is 0.292 e. The summed E-state index contributed by atoms with van der Waals surface area (Å²) in [6.45, 7) is 2.30. The van der Waals surface area contributed by atoms with Crippen LogP contribution in [0, 0.1) is 10.7 Å². The summed E-state index contributed by atoms with van der Waals surface area (Å²) < 4.78 is 20.7. The lowest BCUT2D eigenvalue weighted by atomic mass is 10.1. The van der Waals surface area contributed by atoms with Crippen molar-refractivity contribution in [1.29, 1.82) is 0 Å². The molecule has 0 spiro atoms. The van der Waals surface area contributed by atoms with Crippen LogP contribution in [0.25, 0.3) is 11.5 Å². The van der Waals surface area contributed by atoms with Crippen LogP contribution in [0.4, 0.5) is 4.39 Å². The van der Waals surface area contributed by atoms with Gasteiger partial charge in [0.1, 0.15) is 5.82 Å². The Kier molecular flexibility index (Phi) is 4.14. The van der Waals surface area contributed by atoms with Gasteiger partial charge in [-0.1, -0.05) is 12.1 Å². The van der Waals surface area contributed by atoms with Gasteiger partial charge < -0.3 is 14.4 Å². The van der Waals surface area contributed by atoms with Gasteiger partial charge in [0.25, 0.3) is 4.84 Å². The van der Waals surface area contributed by atoms with Crippen LogP contribution in [-0.2, 0) is 6.67 Å². The maximum atomic E-state index is 13.7. The van der Waals surface area contributed by atoms with Gasteiger partial charge in [-0.05, 0) is 24.4 Å². The van der Waals surface area contributed by atoms with Gasteiger partial charge >= 0.3 is 0 Å². The van der Waals surface area contributed by atoms with Crippen LogP contribution in [0.2, 0.25) is 0 Å². The van der Waals surface area contributed by atoms with Gasteiger partial charge in [-0.15, -0.1) is 5.10 Å². The first-order valence-corrected chi connectivity index (χ1v) is 7.39. The number of benzene rings is 1. The predicted octanol–water partition coefficient (Wildman–Crippen LogP) is 1.01. The third-order valence-corrected chi connectivity index (χ3v) is 4.04. The minimum absolute atomic E-state index is 0.201. The minimum atomic E-state index is -0.380. The number of nitrogens with zero attached hydrogens (tertiary/aromatic N) is 2. The summed E-state index contributed by atoms with van der Waals surface area (Å²) >= 11 is 5.16. The van der Waals surface area contributed by atoms with Crippen LogP contribution >= 0.6 is 12.2 Å². The fourth-order valence-electron chi connectivity index (χ4n) is 2.53. The van der Waals surface area contributed by atoms with E-state index < -0.39 is 0 Å². The molecule has 0 atom stereocenters. The summed E-state index contributed by atoms with van der Waals surface area (Å²) in [6.07, 6.45) is 1.36. The predicted molar refractivity (Wildman–Crippen MR) is 76.7 cm³/mol. The van der Waals surface area contributed by atoms with Crippen LogP contribution < -0.4 is 4.90 Å². The molecule has 0 bridgehead atoms. The zero-order valence-corrected chi connectivity index (χ0v) is 12.3. The van der Waals surface area contributed by atoms with Crippen molar-refractivity contribution in [3.05, 3.63) is 34.9 Å². The molecular formula is C14H17FN3O2S+. The van der Waals surface area contributed by atoms with E-state index >= 15 is 0 Å². The third-order valence-electron chi connectivity index (χ3n) is 3.75. The minimum Gasteiger partial charge on any atom is -0.409 e. The number of rotatable bonds is 3. The number of piperidine rings is 1. The number of halogens is 1. The average Bonchev–Trinajstić information content (AvgIpc) is 2.83. The Balaban J connectivity index is 1.79. The van der Waals surface area contributed by atoms with E-state index in [-0.39, 0.29) is 22.6 Å². The first kappa shape index (κ1) is 14.4. The molecule has 0 radical (unpaired) electrons. The number of aliphatic hydroxyl groups is 1. The van der Waals surface area contributed by atoms with Crippen molar-refractivity contribution in [2.24, 2.45) is 0 Å². The van der Waals surface area contributed by atoms with E-state index in [9.17, 15) is 9.50 Å². The standard InChI is InChI=1S/C14H16FN3O2S/c15-12-4-2-1-3-11(12)13-16-18(14(21)20-13)9-17-7-5-10(19)6-8-17/h1-4,10,19H,5-9H2/p+1. The molecule has 2 aromatic rings. The molecule has 1 fully saturated rings. The average molecular weight is 310 g/mol. The Morgan fingerprint density at radius 3 is 2.81 bits per heavy atom. The van der Waals surface area contributed by atoms with Crippen molar-refractivity contribution in [3.63, 3.8) is 0 Å². The van der Waals surface area contributed by atoms with E-state index in [4.69, 9.17) is 16.6 Å². The molecule has 21 heavy (non-hydrogen) atoms. The molecule has 1 saturated heterocycles. The fraction of sp³-hybridized carbons (Fsp3) is 0.429. The zero-order chi connectivity index (χ0) is 14.8. The first-order valence-electron chi connectivity index (χ1n) is 6.98. The van der Waals surface area contributed by atoms with Crippen LogP contribution in [-0.4, -0.2) is 34.1 Å². The highest BCUT2D eigenvalue weighted by Gasteiger charge is 2.22. The summed E-state index contributed by atoms with van der Waals surface area (Å²) in [6, 6.07) is 6.33. The topological polar surface area (TPSA) is 55.6 Å². The van der Waals surface area contributed by atoms with Crippen molar-refractivity contribution in [2.45, 2.75) is 25.6 Å². The lowest BCUT2D eigenvalue weighted by Crippen LogP contribution is -3.12. The van der Waals surface area contributed by atoms with Crippen molar-refractivity contribution < 1.29 is 18.8 Å². The monoisotopic (exact) mass is 310 g/mol. The smallest absolute Gasteiger partial charge is 0.292 e. The summed E-state index contributed by atoms with van der Waals surface area (Å²) in [5.74, 6) is -0.177. The van der Waals surface area contributed by atoms with Crippen molar-refractivity contribution >= 4 is 12.2 Å². The summed E-state index contributed by atoms with van der Waals surface area (Å²) in [5.41, 5.74) is 0.311. The molecular weight excluding hydrogens is 293 g/mol. The Bertz CT molecular complexity index is 677. The van der Waals surface area contributed by atoms with Gasteiger partial charge in [0, 0.05) is 12.8 Å². The Morgan fingerprint density at radius 1 is 1.38 bits per heavy atom. The lowest BCUT2D eigenvalue weighted by molar-refractivity contribution is -0.929. The molecule has 7 heteroatoms. The molecule has 0 saturated carbocycles. The van der Waals surface area contributed by atoms with E-state index in [1.54, 1.807) is 22.9 Å². The van der Waals surface area contributed by atoms with Crippen LogP contribution in [0.1, 0.15) is 12.8 Å². The van der Waals surface area contributed by atoms with Crippen molar-refractivity contribution in [2.75, 3.05) is 13.1 Å². The number of quaternary nitrogens is 1. The molecule has 1 aliphatic heterocycles. The van der Waals surface area contributed by atoms with Gasteiger partial charge in [0.05, 0.1) is 24.8 Å². The van der Waals surface area contributed by atoms with Gasteiger partial charge in [0.2, 0.25) is 5.89 Å². The third kappa shape index (κ3) is 3.20. The van der Waals surface area contributed by atoms with E-state index in [0.29, 0.717) is 12.2 Å². The largest absolute Gasteiger partial charge is 0.409 e. The van der Waals surface area contributed by atoms with Crippen molar-refractivity contribution in [1.82, 2.24) is 9.78 Å². The zero-order valence-electron chi connectivity index (χ0n) is 11.5. The highest BCUT2D eigenvalue weighted by atomic mass is 32.1. The number of hydrogen-bond donors (Lipinski definition) is 2. The van der Waals surface area contributed by atoms with Crippen LogP contribution in [0.15, 0.2) is 28.7 Å². The first-order chi connectivity index (χ1) is 10.1. The molecule has 0 unspecified atom stereocenters. The van der Waals surface area contributed by atoms with Gasteiger partial charge in [-0.25, -0.2) is 4.39 Å². The molecule has 1 aliphatic rings. The summed E-state index contributed by atoms with van der Waals surface area (Å²) in [5, 5.41) is 13.8. The normalized spacial score (nSPS) is 22.4. The van der Waals surface area contributed by atoms with E-state index in [1.165, 1.54) is 11.0 Å². The molecule has 112 valence electrons. The quantitative estimate of drug-likeness (QED) is 0.831. The summed E-state index contributed by atoms with van der Waals surface area (Å²) in [7, 11) is 0. The number of aliphatic hydroxyl groups excluding tert-OH is 1. The van der Waals surface area contributed by atoms with Gasteiger partial charge in [-0.3, -0.25) is 0 Å². The van der Waals surface area contributed by atoms with Crippen molar-refractivity contribution in [3.8, 4) is 11.5 Å². The molecule has 3 rings (SSSR count). The molecule has 2 N–H and O–H groups in total. The van der Waals surface area contributed by atoms with Gasteiger partial charge in [-0.2, -0.15) is 4.68 Å². The second-order valence-electron chi connectivity index (χ2n) is 5.29. The van der Waals surface area contributed by atoms with Gasteiger partial charge in [0.15, 0.2) is 6.67 Å². The van der Waals surface area contributed by atoms with Crippen LogP contribution in [0.5, 0.6) is 0 Å². The molecule has 2 heterocycles. The lowest BCUT2D eigenvalue weighted by Gasteiger charge is -2.25. The second-order valence-corrected chi connectivity index (χ2v) is 5.64. The van der Waals surface area contributed by atoms with Crippen LogP contribution in [0.3, 0.4) is 0 Å². The maximum absolute atomic E-state index is 13.7. The molecule has 1 aromatic carbocycles. The Morgan fingerprint density at radius 2 is 2.10 bits per heavy atom. The Hall–Kier alpha value is -1.57. The number of aromatic nitrogens is 2. The number of nitrogens with one attached hydrogen (secondary N) is 1. The number of hydrogen-bond acceptors (Lipinski definition) is 4. The number of likely N-dealkylation sites (tertiary alicyclic amines) is 1. The second kappa shape index (κ2) is 6.05. The molecule has 0 aliphatic carbocycles. The molecule has 1 aromatic heterocycles. The fourth-order valence-corrected chi connectivity index (χ4v) is 2.71. The highest BCUT2D eigenvalue weighted by Crippen LogP contribution is 2.20. The van der Waals surface area contributed by atoms with E-state index in [0.717, 1.165) is 25.9 Å². The SMILES string of the molecule is OC1CC[NH+](Cn2nc(-c3ccccc3F)oc2=S)CC1.